The van der Waals surface area contributed by atoms with Gasteiger partial charge >= 0.3 is 5.97 Å². The molecule has 4 nitrogen and oxygen atoms in total. The Bertz CT molecular complexity index is 365. The molecule has 2 atom stereocenters. The molecule has 1 rings (SSSR count). The van der Waals surface area contributed by atoms with Crippen molar-refractivity contribution in [2.45, 2.75) is 39.0 Å². The number of ether oxygens (including phenoxy) is 1. The number of nitrogens with two attached hydrogens (primary N) is 1. The molecular weight excluding hydrogens is 230 g/mol. The van der Waals surface area contributed by atoms with Gasteiger partial charge in [0.05, 0.1) is 12.7 Å². The molecule has 4 heteroatoms. The molecule has 1 aromatic carbocycles. The lowest BCUT2D eigenvalue weighted by molar-refractivity contribution is -0.143. The lowest BCUT2D eigenvalue weighted by Crippen LogP contribution is -2.44. The van der Waals surface area contributed by atoms with Gasteiger partial charge in [-0.25, -0.2) is 0 Å². The molecule has 0 fully saturated rings. The van der Waals surface area contributed by atoms with Crippen LogP contribution < -0.4 is 5.73 Å². The first-order chi connectivity index (χ1) is 8.50. The first-order valence-corrected chi connectivity index (χ1v) is 6.14. The number of aliphatic carboxylic acids is 1. The second-order valence-electron chi connectivity index (χ2n) is 4.83. The van der Waals surface area contributed by atoms with Crippen LogP contribution in [0.2, 0.25) is 0 Å². The van der Waals surface area contributed by atoms with E-state index in [9.17, 15) is 4.79 Å². The number of hydrogen-bond acceptors (Lipinski definition) is 3. The van der Waals surface area contributed by atoms with Crippen molar-refractivity contribution in [3.05, 3.63) is 35.9 Å². The highest BCUT2D eigenvalue weighted by molar-refractivity contribution is 5.73. The van der Waals surface area contributed by atoms with E-state index in [0.29, 0.717) is 18.9 Å². The first kappa shape index (κ1) is 14.7. The fourth-order valence-electron chi connectivity index (χ4n) is 1.72. The van der Waals surface area contributed by atoms with Crippen molar-refractivity contribution in [1.29, 1.82) is 0 Å². The van der Waals surface area contributed by atoms with Gasteiger partial charge in [-0.15, -0.1) is 0 Å². The van der Waals surface area contributed by atoms with Crippen LogP contribution in [0.1, 0.15) is 25.8 Å². The summed E-state index contributed by atoms with van der Waals surface area (Å²) in [6, 6.07) is 8.69. The maximum Gasteiger partial charge on any atom is 0.323 e. The molecule has 0 aliphatic carbocycles. The van der Waals surface area contributed by atoms with Crippen LogP contribution in [0.4, 0.5) is 0 Å². The lowest BCUT2D eigenvalue weighted by atomic mass is 10.0. The minimum absolute atomic E-state index is 0.344. The van der Waals surface area contributed by atoms with Crippen LogP contribution in [0, 0.1) is 5.92 Å². The normalized spacial score (nSPS) is 14.4. The third kappa shape index (κ3) is 4.85. The van der Waals surface area contributed by atoms with E-state index >= 15 is 0 Å². The summed E-state index contributed by atoms with van der Waals surface area (Å²) in [6.07, 6.45) is 0.183. The average molecular weight is 251 g/mol. The van der Waals surface area contributed by atoms with Crippen molar-refractivity contribution in [2.24, 2.45) is 11.7 Å². The van der Waals surface area contributed by atoms with E-state index in [1.807, 2.05) is 44.2 Å². The maximum absolute atomic E-state index is 10.9. The van der Waals surface area contributed by atoms with Crippen LogP contribution in [0.5, 0.6) is 0 Å². The van der Waals surface area contributed by atoms with E-state index in [1.165, 1.54) is 0 Å². The van der Waals surface area contributed by atoms with Gasteiger partial charge in [-0.3, -0.25) is 4.79 Å². The maximum atomic E-state index is 10.9. The first-order valence-electron chi connectivity index (χ1n) is 6.14. The van der Waals surface area contributed by atoms with E-state index in [0.717, 1.165) is 5.56 Å². The van der Waals surface area contributed by atoms with Crippen LogP contribution in [0.25, 0.3) is 0 Å². The molecule has 0 saturated carbocycles. The highest BCUT2D eigenvalue weighted by Crippen LogP contribution is 2.14. The Kier molecular flexibility index (Phi) is 5.82. The molecule has 18 heavy (non-hydrogen) atoms. The topological polar surface area (TPSA) is 72.5 Å². The fourth-order valence-corrected chi connectivity index (χ4v) is 1.72. The Hall–Kier alpha value is -1.39. The molecule has 0 unspecified atom stereocenters. The van der Waals surface area contributed by atoms with Gasteiger partial charge < -0.3 is 15.6 Å². The minimum Gasteiger partial charge on any atom is -0.480 e. The molecule has 0 aromatic heterocycles. The van der Waals surface area contributed by atoms with Gasteiger partial charge in [0.2, 0.25) is 0 Å². The van der Waals surface area contributed by atoms with E-state index < -0.39 is 18.1 Å². The summed E-state index contributed by atoms with van der Waals surface area (Å²) in [7, 11) is 0. The molecular formula is C14H21NO3. The van der Waals surface area contributed by atoms with Crippen molar-refractivity contribution in [1.82, 2.24) is 0 Å². The Morgan fingerprint density at radius 3 is 2.44 bits per heavy atom. The molecule has 3 N–H and O–H groups in total. The van der Waals surface area contributed by atoms with Crippen LogP contribution in [-0.4, -0.2) is 23.2 Å². The van der Waals surface area contributed by atoms with Gasteiger partial charge in [0.25, 0.3) is 0 Å². The summed E-state index contributed by atoms with van der Waals surface area (Å²) < 4.78 is 5.66. The third-order valence-electron chi connectivity index (χ3n) is 2.70. The summed E-state index contributed by atoms with van der Waals surface area (Å²) in [4.78, 5) is 10.9. The lowest BCUT2D eigenvalue weighted by Gasteiger charge is -2.23. The number of benzene rings is 1. The number of carboxylic acid groups (broad SMARTS) is 1. The van der Waals surface area contributed by atoms with Crippen molar-refractivity contribution >= 4 is 5.97 Å². The van der Waals surface area contributed by atoms with Crippen LogP contribution in [0.3, 0.4) is 0 Å². The molecule has 0 heterocycles. The standard InChI is InChI=1S/C14H21NO3/c1-10(2)8-12(13(15)14(16)17)18-9-11-6-4-3-5-7-11/h3-7,10,12-13H,8-9,15H2,1-2H3,(H,16,17)/t12-,13-/m1/s1. The summed E-state index contributed by atoms with van der Waals surface area (Å²) >= 11 is 0. The van der Waals surface area contributed by atoms with Gasteiger partial charge in [0, 0.05) is 0 Å². The number of rotatable bonds is 7. The number of carboxylic acids is 1. The van der Waals surface area contributed by atoms with Gasteiger partial charge in [0.15, 0.2) is 0 Å². The van der Waals surface area contributed by atoms with Crippen LogP contribution >= 0.6 is 0 Å². The quantitative estimate of drug-likeness (QED) is 0.777. The van der Waals surface area contributed by atoms with E-state index in [-0.39, 0.29) is 0 Å². The summed E-state index contributed by atoms with van der Waals surface area (Å²) in [5, 5.41) is 8.96. The van der Waals surface area contributed by atoms with Crippen molar-refractivity contribution in [2.75, 3.05) is 0 Å². The highest BCUT2D eigenvalue weighted by atomic mass is 16.5. The highest BCUT2D eigenvalue weighted by Gasteiger charge is 2.25. The molecule has 0 saturated heterocycles. The third-order valence-corrected chi connectivity index (χ3v) is 2.70. The van der Waals surface area contributed by atoms with Crippen molar-refractivity contribution in [3.63, 3.8) is 0 Å². The molecule has 0 bridgehead atoms. The Morgan fingerprint density at radius 1 is 1.33 bits per heavy atom. The van der Waals surface area contributed by atoms with Gasteiger partial charge in [-0.05, 0) is 17.9 Å². The number of carbonyl (C=O) groups is 1. The molecule has 0 spiro atoms. The van der Waals surface area contributed by atoms with E-state index in [2.05, 4.69) is 0 Å². The zero-order chi connectivity index (χ0) is 13.5. The van der Waals surface area contributed by atoms with E-state index in [4.69, 9.17) is 15.6 Å². The molecule has 0 aliphatic heterocycles. The molecule has 0 radical (unpaired) electrons. The largest absolute Gasteiger partial charge is 0.480 e. The fraction of sp³-hybridized carbons (Fsp3) is 0.500. The van der Waals surface area contributed by atoms with Gasteiger partial charge in [-0.2, -0.15) is 0 Å². The summed E-state index contributed by atoms with van der Waals surface area (Å²) in [6.45, 7) is 4.43. The SMILES string of the molecule is CC(C)C[C@@H](OCc1ccccc1)[C@@H](N)C(=O)O. The second kappa shape index (κ2) is 7.13. The zero-order valence-corrected chi connectivity index (χ0v) is 10.9. The van der Waals surface area contributed by atoms with Crippen molar-refractivity contribution < 1.29 is 14.6 Å². The predicted molar refractivity (Wildman–Crippen MR) is 70.1 cm³/mol. The zero-order valence-electron chi connectivity index (χ0n) is 10.9. The van der Waals surface area contributed by atoms with Gasteiger partial charge in [-0.1, -0.05) is 44.2 Å². The van der Waals surface area contributed by atoms with E-state index in [1.54, 1.807) is 0 Å². The Balaban J connectivity index is 2.58. The minimum atomic E-state index is -1.02. The second-order valence-corrected chi connectivity index (χ2v) is 4.83. The average Bonchev–Trinajstić information content (AvgIpc) is 2.34. The molecule has 0 amide bonds. The number of hydrogen-bond donors (Lipinski definition) is 2. The van der Waals surface area contributed by atoms with Crippen LogP contribution in [0.15, 0.2) is 30.3 Å². The Labute approximate surface area is 108 Å². The van der Waals surface area contributed by atoms with Crippen molar-refractivity contribution in [3.8, 4) is 0 Å². The Morgan fingerprint density at radius 2 is 1.94 bits per heavy atom. The summed E-state index contributed by atoms with van der Waals surface area (Å²) in [5.74, 6) is -0.676. The molecule has 1 aromatic rings. The summed E-state index contributed by atoms with van der Waals surface area (Å²) in [5.41, 5.74) is 6.67. The molecule has 100 valence electrons. The predicted octanol–water partition coefficient (Wildman–Crippen LogP) is 2.03. The monoisotopic (exact) mass is 251 g/mol. The molecule has 0 aliphatic rings. The van der Waals surface area contributed by atoms with Gasteiger partial charge in [0.1, 0.15) is 6.04 Å². The van der Waals surface area contributed by atoms with Crippen LogP contribution in [-0.2, 0) is 16.1 Å². The smallest absolute Gasteiger partial charge is 0.323 e.